The van der Waals surface area contributed by atoms with Crippen molar-refractivity contribution >= 4 is 12.0 Å². The Bertz CT molecular complexity index is 359. The monoisotopic (exact) mass is 296 g/mol. The van der Waals surface area contributed by atoms with Gasteiger partial charge in [0.25, 0.3) is 0 Å². The number of primary amides is 1. The van der Waals surface area contributed by atoms with Gasteiger partial charge in [-0.25, -0.2) is 4.79 Å². The van der Waals surface area contributed by atoms with Crippen LogP contribution < -0.4 is 5.73 Å². The number of nitrogens with zero attached hydrogens (tertiary/aromatic N) is 1. The molecule has 2 aliphatic carbocycles. The largest absolute Gasteiger partial charge is 0.481 e. The summed E-state index contributed by atoms with van der Waals surface area (Å²) in [5, 5.41) is 8.76. The minimum absolute atomic E-state index is 0.261. The van der Waals surface area contributed by atoms with Crippen LogP contribution in [0.15, 0.2) is 0 Å². The number of carboxylic acids is 1. The van der Waals surface area contributed by atoms with Crippen LogP contribution >= 0.6 is 0 Å². The van der Waals surface area contributed by atoms with Crippen LogP contribution in [0.25, 0.3) is 0 Å². The Morgan fingerprint density at radius 2 is 1.52 bits per heavy atom. The maximum atomic E-state index is 11.9. The number of carbonyl (C=O) groups excluding carboxylic acids is 1. The zero-order valence-corrected chi connectivity index (χ0v) is 12.8. The van der Waals surface area contributed by atoms with Gasteiger partial charge in [0.1, 0.15) is 0 Å². The molecular formula is C16H28N2O3. The van der Waals surface area contributed by atoms with E-state index in [-0.39, 0.29) is 18.5 Å². The number of carbonyl (C=O) groups is 2. The Labute approximate surface area is 126 Å². The molecule has 2 rings (SSSR count). The quantitative estimate of drug-likeness (QED) is 0.817. The molecule has 2 aliphatic rings. The molecule has 0 saturated heterocycles. The van der Waals surface area contributed by atoms with E-state index < -0.39 is 5.97 Å². The summed E-state index contributed by atoms with van der Waals surface area (Å²) in [6, 6.07) is 0.333. The lowest BCUT2D eigenvalue weighted by atomic mass is 9.81. The van der Waals surface area contributed by atoms with Crippen molar-refractivity contribution in [2.45, 2.75) is 82.7 Å². The van der Waals surface area contributed by atoms with Gasteiger partial charge in [-0.15, -0.1) is 0 Å². The smallest absolute Gasteiger partial charge is 0.315 e. The summed E-state index contributed by atoms with van der Waals surface area (Å²) in [7, 11) is 0. The molecule has 0 atom stereocenters. The summed E-state index contributed by atoms with van der Waals surface area (Å²) in [6.45, 7) is 0. The summed E-state index contributed by atoms with van der Waals surface area (Å²) < 4.78 is 0. The Morgan fingerprint density at radius 1 is 0.952 bits per heavy atom. The number of carboxylic acid groups (broad SMARTS) is 1. The van der Waals surface area contributed by atoms with E-state index in [4.69, 9.17) is 10.8 Å². The van der Waals surface area contributed by atoms with Gasteiger partial charge in [0, 0.05) is 18.5 Å². The molecule has 0 spiro atoms. The van der Waals surface area contributed by atoms with E-state index in [1.807, 2.05) is 4.90 Å². The van der Waals surface area contributed by atoms with Crippen LogP contribution in [0.4, 0.5) is 4.79 Å². The molecule has 0 aliphatic heterocycles. The molecule has 0 heterocycles. The van der Waals surface area contributed by atoms with Crippen molar-refractivity contribution in [3.8, 4) is 0 Å². The Morgan fingerprint density at radius 3 is 2.05 bits per heavy atom. The third-order valence-corrected chi connectivity index (χ3v) is 5.20. The minimum Gasteiger partial charge on any atom is -0.481 e. The number of hydrogen-bond donors (Lipinski definition) is 2. The second-order valence-corrected chi connectivity index (χ2v) is 6.64. The lowest BCUT2D eigenvalue weighted by Crippen LogP contribution is -2.51. The molecule has 0 aromatic carbocycles. The SMILES string of the molecule is NC(=O)N(C1CCCCC1)C1CCC(CCC(=O)O)CC1. The predicted molar refractivity (Wildman–Crippen MR) is 80.9 cm³/mol. The van der Waals surface area contributed by atoms with E-state index in [0.717, 1.165) is 44.9 Å². The molecule has 5 nitrogen and oxygen atoms in total. The van der Waals surface area contributed by atoms with Gasteiger partial charge in [-0.3, -0.25) is 4.79 Å². The molecule has 3 N–H and O–H groups in total. The van der Waals surface area contributed by atoms with E-state index in [0.29, 0.717) is 12.0 Å². The number of urea groups is 1. The lowest BCUT2D eigenvalue weighted by molar-refractivity contribution is -0.137. The van der Waals surface area contributed by atoms with E-state index in [9.17, 15) is 9.59 Å². The molecule has 0 aromatic heterocycles. The molecule has 2 amide bonds. The highest BCUT2D eigenvalue weighted by atomic mass is 16.4. The molecule has 5 heteroatoms. The fraction of sp³-hybridized carbons (Fsp3) is 0.875. The Balaban J connectivity index is 1.85. The zero-order chi connectivity index (χ0) is 15.2. The Hall–Kier alpha value is -1.26. The van der Waals surface area contributed by atoms with Crippen molar-refractivity contribution in [3.63, 3.8) is 0 Å². The first-order valence-corrected chi connectivity index (χ1v) is 8.37. The maximum Gasteiger partial charge on any atom is 0.315 e. The van der Waals surface area contributed by atoms with E-state index in [1.165, 1.54) is 19.3 Å². The van der Waals surface area contributed by atoms with Crippen molar-refractivity contribution < 1.29 is 14.7 Å². The summed E-state index contributed by atoms with van der Waals surface area (Å²) in [4.78, 5) is 24.5. The summed E-state index contributed by atoms with van der Waals surface area (Å²) in [5.74, 6) is -0.212. The normalized spacial score (nSPS) is 27.2. The van der Waals surface area contributed by atoms with Gasteiger partial charge in [-0.1, -0.05) is 19.3 Å². The zero-order valence-electron chi connectivity index (χ0n) is 12.8. The summed E-state index contributed by atoms with van der Waals surface area (Å²) >= 11 is 0. The molecule has 2 saturated carbocycles. The predicted octanol–water partition coefficient (Wildman–Crippen LogP) is 3.12. The van der Waals surface area contributed by atoms with Crippen LogP contribution in [0.3, 0.4) is 0 Å². The fourth-order valence-corrected chi connectivity index (χ4v) is 4.06. The van der Waals surface area contributed by atoms with Gasteiger partial charge in [-0.05, 0) is 50.9 Å². The number of amides is 2. The van der Waals surface area contributed by atoms with E-state index in [1.54, 1.807) is 0 Å². The fourth-order valence-electron chi connectivity index (χ4n) is 4.06. The first-order valence-electron chi connectivity index (χ1n) is 8.37. The van der Waals surface area contributed by atoms with E-state index >= 15 is 0 Å². The topological polar surface area (TPSA) is 83.6 Å². The number of nitrogens with two attached hydrogens (primary N) is 1. The molecule has 0 radical (unpaired) electrons. The number of hydrogen-bond acceptors (Lipinski definition) is 2. The molecule has 0 unspecified atom stereocenters. The molecule has 0 bridgehead atoms. The van der Waals surface area contributed by atoms with E-state index in [2.05, 4.69) is 0 Å². The maximum absolute atomic E-state index is 11.9. The Kier molecular flexibility index (Phi) is 5.88. The van der Waals surface area contributed by atoms with Crippen molar-refractivity contribution in [1.29, 1.82) is 0 Å². The highest BCUT2D eigenvalue weighted by Gasteiger charge is 2.33. The molecular weight excluding hydrogens is 268 g/mol. The van der Waals surface area contributed by atoms with Crippen molar-refractivity contribution in [1.82, 2.24) is 4.90 Å². The molecule has 2 fully saturated rings. The molecule has 0 aromatic rings. The number of aliphatic carboxylic acids is 1. The first kappa shape index (κ1) is 16.1. The minimum atomic E-state index is -0.710. The van der Waals surface area contributed by atoms with Crippen LogP contribution in [0.1, 0.15) is 70.6 Å². The second kappa shape index (κ2) is 7.66. The average Bonchev–Trinajstić information content (AvgIpc) is 2.47. The van der Waals surface area contributed by atoms with Crippen molar-refractivity contribution in [2.75, 3.05) is 0 Å². The number of rotatable bonds is 5. The van der Waals surface area contributed by atoms with Gasteiger partial charge >= 0.3 is 12.0 Å². The van der Waals surface area contributed by atoms with Crippen LogP contribution in [0, 0.1) is 5.92 Å². The van der Waals surface area contributed by atoms with Gasteiger partial charge in [0.05, 0.1) is 0 Å². The van der Waals surface area contributed by atoms with Gasteiger partial charge in [0.15, 0.2) is 0 Å². The van der Waals surface area contributed by atoms with Crippen molar-refractivity contribution in [3.05, 3.63) is 0 Å². The van der Waals surface area contributed by atoms with Crippen LogP contribution in [-0.2, 0) is 4.79 Å². The second-order valence-electron chi connectivity index (χ2n) is 6.64. The van der Waals surface area contributed by atoms with Crippen LogP contribution in [0.5, 0.6) is 0 Å². The average molecular weight is 296 g/mol. The van der Waals surface area contributed by atoms with Crippen molar-refractivity contribution in [2.24, 2.45) is 11.7 Å². The van der Waals surface area contributed by atoms with Gasteiger partial charge in [-0.2, -0.15) is 0 Å². The highest BCUT2D eigenvalue weighted by molar-refractivity contribution is 5.72. The third kappa shape index (κ3) is 4.61. The third-order valence-electron chi connectivity index (χ3n) is 5.20. The van der Waals surface area contributed by atoms with Gasteiger partial charge < -0.3 is 15.7 Å². The summed E-state index contributed by atoms with van der Waals surface area (Å²) in [6.07, 6.45) is 10.9. The van der Waals surface area contributed by atoms with Crippen LogP contribution in [-0.4, -0.2) is 34.1 Å². The standard InChI is InChI=1S/C16H28N2O3/c17-16(21)18(13-4-2-1-3-5-13)14-9-6-12(7-10-14)8-11-15(19)20/h12-14H,1-11H2,(H2,17,21)(H,19,20). The first-order chi connectivity index (χ1) is 10.1. The van der Waals surface area contributed by atoms with Gasteiger partial charge in [0.2, 0.25) is 0 Å². The summed E-state index contributed by atoms with van der Waals surface area (Å²) in [5.41, 5.74) is 5.64. The highest BCUT2D eigenvalue weighted by Crippen LogP contribution is 2.33. The molecule has 120 valence electrons. The lowest BCUT2D eigenvalue weighted by Gasteiger charge is -2.42. The molecule has 21 heavy (non-hydrogen) atoms. The van der Waals surface area contributed by atoms with Crippen LogP contribution in [0.2, 0.25) is 0 Å².